The van der Waals surface area contributed by atoms with E-state index in [0.717, 1.165) is 5.56 Å². The summed E-state index contributed by atoms with van der Waals surface area (Å²) in [5.74, 6) is -0.595. The minimum Gasteiger partial charge on any atom is -0.493 e. The summed E-state index contributed by atoms with van der Waals surface area (Å²) in [5.41, 5.74) is 1.94. The van der Waals surface area contributed by atoms with Crippen molar-refractivity contribution in [3.8, 4) is 11.5 Å². The van der Waals surface area contributed by atoms with E-state index in [4.69, 9.17) is 18.6 Å². The Morgan fingerprint density at radius 2 is 1.87 bits per heavy atom. The Kier molecular flexibility index (Phi) is 7.29. The van der Waals surface area contributed by atoms with E-state index in [0.29, 0.717) is 31.9 Å². The van der Waals surface area contributed by atoms with Crippen LogP contribution in [0.3, 0.4) is 0 Å². The fourth-order valence-corrected chi connectivity index (χ4v) is 5.34. The minimum atomic E-state index is -0.679. The van der Waals surface area contributed by atoms with E-state index < -0.39 is 18.0 Å². The molecule has 0 amide bonds. The highest BCUT2D eigenvalue weighted by molar-refractivity contribution is 7.07. The second-order valence-corrected chi connectivity index (χ2v) is 9.50. The molecule has 39 heavy (non-hydrogen) atoms. The summed E-state index contributed by atoms with van der Waals surface area (Å²) >= 11 is 1.22. The third-order valence-electron chi connectivity index (χ3n) is 6.04. The SMILES string of the molecule is CCOC(=O)C1=C(C)N=c2sc(=Cc3ccc(OC(=O)c4ccco4)c(OC)c3)c(=O)n2C1c1ccccc1. The number of rotatable bonds is 7. The number of allylic oxidation sites excluding steroid dienone is 1. The maximum absolute atomic E-state index is 13.7. The fraction of sp³-hybridized carbons (Fsp3) is 0.172. The van der Waals surface area contributed by atoms with Crippen molar-refractivity contribution < 1.29 is 28.2 Å². The van der Waals surface area contributed by atoms with Gasteiger partial charge in [0, 0.05) is 0 Å². The van der Waals surface area contributed by atoms with Crippen LogP contribution in [-0.4, -0.2) is 30.2 Å². The third-order valence-corrected chi connectivity index (χ3v) is 7.03. The first-order valence-electron chi connectivity index (χ1n) is 12.1. The van der Waals surface area contributed by atoms with Crippen LogP contribution in [0.5, 0.6) is 11.5 Å². The minimum absolute atomic E-state index is 0.0627. The number of carbonyl (C=O) groups is 2. The molecular formula is C29H24N2O7S. The molecule has 10 heteroatoms. The Labute approximate surface area is 226 Å². The van der Waals surface area contributed by atoms with Gasteiger partial charge in [-0.25, -0.2) is 14.6 Å². The van der Waals surface area contributed by atoms with E-state index in [2.05, 4.69) is 4.99 Å². The van der Waals surface area contributed by atoms with Crippen LogP contribution < -0.4 is 24.4 Å². The Morgan fingerprint density at radius 1 is 1.08 bits per heavy atom. The summed E-state index contributed by atoms with van der Waals surface area (Å²) < 4.78 is 23.2. The Balaban J connectivity index is 1.57. The molecule has 0 radical (unpaired) electrons. The van der Waals surface area contributed by atoms with Gasteiger partial charge in [0.05, 0.1) is 41.8 Å². The molecule has 0 aliphatic carbocycles. The van der Waals surface area contributed by atoms with Crippen LogP contribution in [0.1, 0.15) is 41.6 Å². The van der Waals surface area contributed by atoms with Crippen molar-refractivity contribution in [2.24, 2.45) is 4.99 Å². The zero-order chi connectivity index (χ0) is 27.5. The molecule has 9 nitrogen and oxygen atoms in total. The lowest BCUT2D eigenvalue weighted by Gasteiger charge is -2.24. The topological polar surface area (TPSA) is 109 Å². The number of fused-ring (bicyclic) bond motifs is 1. The highest BCUT2D eigenvalue weighted by Gasteiger charge is 2.33. The maximum Gasteiger partial charge on any atom is 0.379 e. The van der Waals surface area contributed by atoms with Crippen molar-refractivity contribution in [1.82, 2.24) is 4.57 Å². The van der Waals surface area contributed by atoms with E-state index in [1.54, 1.807) is 44.2 Å². The van der Waals surface area contributed by atoms with Crippen molar-refractivity contribution in [3.05, 3.63) is 115 Å². The van der Waals surface area contributed by atoms with Crippen molar-refractivity contribution in [2.75, 3.05) is 13.7 Å². The van der Waals surface area contributed by atoms with E-state index in [-0.39, 0.29) is 23.7 Å². The predicted octanol–water partition coefficient (Wildman–Crippen LogP) is 3.62. The Bertz CT molecular complexity index is 1750. The van der Waals surface area contributed by atoms with Crippen molar-refractivity contribution in [3.63, 3.8) is 0 Å². The molecule has 2 aromatic carbocycles. The molecule has 4 aromatic rings. The molecule has 1 aliphatic heterocycles. The van der Waals surface area contributed by atoms with Gasteiger partial charge in [0.1, 0.15) is 0 Å². The van der Waals surface area contributed by atoms with E-state index >= 15 is 0 Å². The number of ether oxygens (including phenoxy) is 3. The fourth-order valence-electron chi connectivity index (χ4n) is 4.30. The largest absolute Gasteiger partial charge is 0.493 e. The van der Waals surface area contributed by atoms with Crippen LogP contribution in [0.15, 0.2) is 92.4 Å². The maximum atomic E-state index is 13.7. The summed E-state index contributed by atoms with van der Waals surface area (Å²) in [6.45, 7) is 3.68. The standard InChI is InChI=1S/C29H24N2O7S/c1-4-36-28(34)24-17(2)30-29-31(25(24)19-9-6-5-7-10-19)26(32)23(39-29)16-18-12-13-20(22(15-18)35-3)38-27(33)21-11-8-14-37-21/h5-16,25H,4H2,1-3H3. The number of benzene rings is 2. The molecule has 0 bridgehead atoms. The zero-order valence-corrected chi connectivity index (χ0v) is 22.2. The summed E-state index contributed by atoms with van der Waals surface area (Å²) in [6.07, 6.45) is 3.09. The normalized spacial score (nSPS) is 14.9. The second kappa shape index (κ2) is 11.0. The number of aromatic nitrogens is 1. The highest BCUT2D eigenvalue weighted by atomic mass is 32.1. The van der Waals surface area contributed by atoms with E-state index in [9.17, 15) is 14.4 Å². The third kappa shape index (κ3) is 5.06. The molecule has 5 rings (SSSR count). The van der Waals surface area contributed by atoms with Crippen LogP contribution in [-0.2, 0) is 9.53 Å². The van der Waals surface area contributed by atoms with Crippen LogP contribution in [0.25, 0.3) is 6.08 Å². The van der Waals surface area contributed by atoms with Crippen molar-refractivity contribution in [2.45, 2.75) is 19.9 Å². The van der Waals surface area contributed by atoms with Crippen LogP contribution in [0.2, 0.25) is 0 Å². The molecule has 2 aromatic heterocycles. The molecule has 0 saturated heterocycles. The number of methoxy groups -OCH3 is 1. The van der Waals surface area contributed by atoms with E-state index in [1.807, 2.05) is 30.3 Å². The van der Waals surface area contributed by atoms with Gasteiger partial charge in [0.25, 0.3) is 5.56 Å². The number of hydrogen-bond acceptors (Lipinski definition) is 9. The van der Waals surface area contributed by atoms with Crippen LogP contribution >= 0.6 is 11.3 Å². The number of carbonyl (C=O) groups excluding carboxylic acids is 2. The number of hydrogen-bond donors (Lipinski definition) is 0. The molecule has 0 N–H and O–H groups in total. The molecule has 3 heterocycles. The van der Waals surface area contributed by atoms with Gasteiger partial charge in [-0.05, 0) is 55.3 Å². The average molecular weight is 545 g/mol. The summed E-state index contributed by atoms with van der Waals surface area (Å²) in [5, 5.41) is 0. The van der Waals surface area contributed by atoms with Gasteiger partial charge in [-0.15, -0.1) is 0 Å². The van der Waals surface area contributed by atoms with Gasteiger partial charge in [0.15, 0.2) is 16.3 Å². The first-order valence-corrected chi connectivity index (χ1v) is 12.9. The summed E-state index contributed by atoms with van der Waals surface area (Å²) in [4.78, 5) is 44.0. The molecule has 0 fully saturated rings. The lowest BCUT2D eigenvalue weighted by molar-refractivity contribution is -0.139. The molecule has 198 valence electrons. The number of furan rings is 1. The summed E-state index contributed by atoms with van der Waals surface area (Å²) in [6, 6.07) is 16.7. The van der Waals surface area contributed by atoms with Crippen molar-refractivity contribution in [1.29, 1.82) is 0 Å². The quantitative estimate of drug-likeness (QED) is 0.258. The smallest absolute Gasteiger partial charge is 0.379 e. The first-order chi connectivity index (χ1) is 18.9. The molecule has 0 saturated carbocycles. The molecular weight excluding hydrogens is 520 g/mol. The Hall–Kier alpha value is -4.70. The molecule has 1 aliphatic rings. The van der Waals surface area contributed by atoms with Crippen LogP contribution in [0, 0.1) is 0 Å². The highest BCUT2D eigenvalue weighted by Crippen LogP contribution is 2.31. The Morgan fingerprint density at radius 3 is 2.56 bits per heavy atom. The first kappa shape index (κ1) is 25.9. The number of thiazole rings is 1. The van der Waals surface area contributed by atoms with Gasteiger partial charge < -0.3 is 18.6 Å². The molecule has 1 unspecified atom stereocenters. The lowest BCUT2D eigenvalue weighted by atomic mass is 9.96. The van der Waals surface area contributed by atoms with Gasteiger partial charge in [-0.1, -0.05) is 47.7 Å². The average Bonchev–Trinajstić information content (AvgIpc) is 3.58. The number of esters is 2. The molecule has 0 spiro atoms. The van der Waals surface area contributed by atoms with Gasteiger partial charge in [0.2, 0.25) is 5.76 Å². The van der Waals surface area contributed by atoms with Gasteiger partial charge in [-0.2, -0.15) is 0 Å². The van der Waals surface area contributed by atoms with Gasteiger partial charge >= 0.3 is 11.9 Å². The zero-order valence-electron chi connectivity index (χ0n) is 21.4. The second-order valence-electron chi connectivity index (χ2n) is 8.49. The number of nitrogens with zero attached hydrogens (tertiary/aromatic N) is 2. The monoisotopic (exact) mass is 544 g/mol. The van der Waals surface area contributed by atoms with Gasteiger partial charge in [-0.3, -0.25) is 9.36 Å². The predicted molar refractivity (Wildman–Crippen MR) is 144 cm³/mol. The molecule has 1 atom stereocenters. The van der Waals surface area contributed by atoms with Crippen molar-refractivity contribution >= 4 is 29.4 Å². The van der Waals surface area contributed by atoms with E-state index in [1.165, 1.54) is 35.3 Å². The van der Waals surface area contributed by atoms with Crippen LogP contribution in [0.4, 0.5) is 0 Å². The lowest BCUT2D eigenvalue weighted by Crippen LogP contribution is -2.39. The summed E-state index contributed by atoms with van der Waals surface area (Å²) in [7, 11) is 1.46.